The molecule has 0 N–H and O–H groups in total. The Morgan fingerprint density at radius 2 is 0.972 bits per heavy atom. The third kappa shape index (κ3) is 7.00. The first-order valence-corrected chi connectivity index (χ1v) is 12.7. The summed E-state index contributed by atoms with van der Waals surface area (Å²) in [6.45, 7) is 8.84. The molecule has 0 amide bonds. The first kappa shape index (κ1) is 25.5. The van der Waals surface area contributed by atoms with E-state index in [1.807, 2.05) is 48.5 Å². The van der Waals surface area contributed by atoms with Gasteiger partial charge in [0.2, 0.25) is 0 Å². The molecule has 6 nitrogen and oxygen atoms in total. The van der Waals surface area contributed by atoms with Gasteiger partial charge in [0.25, 0.3) is 0 Å². The van der Waals surface area contributed by atoms with E-state index in [0.717, 1.165) is 48.3 Å². The maximum Gasteiger partial charge on any atom is 0.334 e. The smallest absolute Gasteiger partial charge is 0.334 e. The zero-order chi connectivity index (χ0) is 25.3. The van der Waals surface area contributed by atoms with Crippen molar-refractivity contribution in [1.82, 2.24) is 0 Å². The number of rotatable bonds is 13. The van der Waals surface area contributed by atoms with Crippen molar-refractivity contribution in [3.05, 3.63) is 84.0 Å². The Balaban J connectivity index is 1.01. The zero-order valence-electron chi connectivity index (χ0n) is 20.7. The van der Waals surface area contributed by atoms with Crippen LogP contribution in [0.15, 0.2) is 72.8 Å². The lowest BCUT2D eigenvalue weighted by Crippen LogP contribution is -2.01. The first-order chi connectivity index (χ1) is 17.5. The summed E-state index contributed by atoms with van der Waals surface area (Å²) in [5, 5.41) is 0. The van der Waals surface area contributed by atoms with Crippen LogP contribution in [0.1, 0.15) is 74.7 Å². The molecule has 190 valence electrons. The summed E-state index contributed by atoms with van der Waals surface area (Å²) in [6.07, 6.45) is 7.33. The normalized spacial score (nSPS) is 19.3. The molecule has 2 heterocycles. The monoisotopic (exact) mass is 490 g/mol. The van der Waals surface area contributed by atoms with Crippen LogP contribution in [0.4, 0.5) is 0 Å². The summed E-state index contributed by atoms with van der Waals surface area (Å²) >= 11 is 0. The van der Waals surface area contributed by atoms with E-state index in [1.165, 1.54) is 12.8 Å². The van der Waals surface area contributed by atoms with Crippen molar-refractivity contribution in [1.29, 1.82) is 0 Å². The minimum Gasteiger partial charge on any atom is -0.494 e. The second-order valence-corrected chi connectivity index (χ2v) is 9.36. The lowest BCUT2D eigenvalue weighted by Gasteiger charge is -2.11. The number of ether oxygens (including phenoxy) is 4. The van der Waals surface area contributed by atoms with Crippen LogP contribution >= 0.6 is 0 Å². The minimum atomic E-state index is -0.305. The molecule has 0 aliphatic carbocycles. The number of hydrogen-bond acceptors (Lipinski definition) is 6. The molecule has 0 saturated carbocycles. The van der Waals surface area contributed by atoms with Gasteiger partial charge in [0.05, 0.1) is 13.2 Å². The lowest BCUT2D eigenvalue weighted by molar-refractivity contribution is -0.140. The predicted molar refractivity (Wildman–Crippen MR) is 137 cm³/mol. The molecule has 2 unspecified atom stereocenters. The van der Waals surface area contributed by atoms with E-state index < -0.39 is 0 Å². The second kappa shape index (κ2) is 12.4. The highest BCUT2D eigenvalue weighted by atomic mass is 16.6. The van der Waals surface area contributed by atoms with Crippen LogP contribution in [-0.4, -0.2) is 25.2 Å². The van der Waals surface area contributed by atoms with Crippen molar-refractivity contribution in [2.45, 2.75) is 63.6 Å². The molecule has 2 saturated heterocycles. The Kier molecular flexibility index (Phi) is 8.82. The predicted octanol–water partition coefficient (Wildman–Crippen LogP) is 6.57. The van der Waals surface area contributed by atoms with Crippen LogP contribution in [0.2, 0.25) is 0 Å². The summed E-state index contributed by atoms with van der Waals surface area (Å²) in [7, 11) is 0. The van der Waals surface area contributed by atoms with Crippen LogP contribution in [0, 0.1) is 0 Å². The van der Waals surface area contributed by atoms with Crippen LogP contribution < -0.4 is 9.47 Å². The van der Waals surface area contributed by atoms with Crippen molar-refractivity contribution in [3.63, 3.8) is 0 Å². The maximum atomic E-state index is 11.5. The van der Waals surface area contributed by atoms with E-state index in [1.54, 1.807) is 0 Å². The Bertz CT molecular complexity index is 950. The SMILES string of the molecule is C=C1CC(c2ccc(OCCCCCCCCOc3ccc(C4CC(=C)C(=O)O4)cc3)cc2)OC1=O. The largest absolute Gasteiger partial charge is 0.494 e. The molecule has 2 aliphatic heterocycles. The molecule has 4 rings (SSSR count). The minimum absolute atomic E-state index is 0.226. The highest BCUT2D eigenvalue weighted by molar-refractivity contribution is 5.90. The van der Waals surface area contributed by atoms with Gasteiger partial charge in [-0.1, -0.05) is 63.1 Å². The van der Waals surface area contributed by atoms with Gasteiger partial charge in [-0.25, -0.2) is 9.59 Å². The fourth-order valence-electron chi connectivity index (χ4n) is 4.34. The van der Waals surface area contributed by atoms with Crippen molar-refractivity contribution >= 4 is 11.9 Å². The Labute approximate surface area is 212 Å². The molecule has 2 atom stereocenters. The van der Waals surface area contributed by atoms with Crippen molar-refractivity contribution in [3.8, 4) is 11.5 Å². The summed E-state index contributed by atoms with van der Waals surface area (Å²) in [5.41, 5.74) is 3.00. The van der Waals surface area contributed by atoms with Crippen molar-refractivity contribution in [2.75, 3.05) is 13.2 Å². The number of unbranched alkanes of at least 4 members (excludes halogenated alkanes) is 5. The average molecular weight is 491 g/mol. The number of esters is 2. The van der Waals surface area contributed by atoms with Crippen LogP contribution in [0.3, 0.4) is 0 Å². The van der Waals surface area contributed by atoms with E-state index >= 15 is 0 Å². The van der Waals surface area contributed by atoms with Gasteiger partial charge >= 0.3 is 11.9 Å². The molecule has 2 fully saturated rings. The van der Waals surface area contributed by atoms with Gasteiger partial charge in [-0.05, 0) is 48.2 Å². The molecule has 2 aromatic carbocycles. The second-order valence-electron chi connectivity index (χ2n) is 9.36. The standard InChI is InChI=1S/C30H34O6/c1-21-19-27(35-29(21)31)23-9-13-25(14-10-23)33-17-7-5-3-4-6-8-18-34-26-15-11-24(12-16-26)28-20-22(2)30(32)36-28/h9-16,27-28H,1-8,17-20H2. The molecular formula is C30H34O6. The molecule has 0 bridgehead atoms. The summed E-state index contributed by atoms with van der Waals surface area (Å²) in [6, 6.07) is 15.5. The van der Waals surface area contributed by atoms with Gasteiger partial charge in [0.1, 0.15) is 23.7 Å². The van der Waals surface area contributed by atoms with Crippen LogP contribution in [-0.2, 0) is 19.1 Å². The summed E-state index contributed by atoms with van der Waals surface area (Å²) in [5.74, 6) is 1.06. The third-order valence-electron chi connectivity index (χ3n) is 6.52. The molecular weight excluding hydrogens is 456 g/mol. The van der Waals surface area contributed by atoms with E-state index in [-0.39, 0.29) is 24.1 Å². The van der Waals surface area contributed by atoms with E-state index in [2.05, 4.69) is 13.2 Å². The quantitative estimate of drug-likeness (QED) is 0.180. The van der Waals surface area contributed by atoms with Gasteiger partial charge in [-0.2, -0.15) is 0 Å². The lowest BCUT2D eigenvalue weighted by atomic mass is 10.1. The number of cyclic esters (lactones) is 2. The number of carbonyl (C=O) groups is 2. The fraction of sp³-hybridized carbons (Fsp3) is 0.400. The molecule has 0 spiro atoms. The van der Waals surface area contributed by atoms with Crippen molar-refractivity contribution < 1.29 is 28.5 Å². The fourth-order valence-corrected chi connectivity index (χ4v) is 4.34. The average Bonchev–Trinajstić information content (AvgIpc) is 3.41. The Morgan fingerprint density at radius 1 is 0.611 bits per heavy atom. The Morgan fingerprint density at radius 3 is 1.31 bits per heavy atom. The summed E-state index contributed by atoms with van der Waals surface area (Å²) in [4.78, 5) is 23.0. The first-order valence-electron chi connectivity index (χ1n) is 12.7. The zero-order valence-corrected chi connectivity index (χ0v) is 20.7. The van der Waals surface area contributed by atoms with Gasteiger partial charge < -0.3 is 18.9 Å². The van der Waals surface area contributed by atoms with Gasteiger partial charge in [0, 0.05) is 24.0 Å². The highest BCUT2D eigenvalue weighted by Gasteiger charge is 2.29. The summed E-state index contributed by atoms with van der Waals surface area (Å²) < 4.78 is 22.3. The van der Waals surface area contributed by atoms with Crippen LogP contribution in [0.25, 0.3) is 0 Å². The molecule has 0 aromatic heterocycles. The van der Waals surface area contributed by atoms with Gasteiger partial charge in [-0.3, -0.25) is 0 Å². The van der Waals surface area contributed by atoms with Gasteiger partial charge in [0.15, 0.2) is 0 Å². The molecule has 2 aromatic rings. The molecule has 6 heteroatoms. The van der Waals surface area contributed by atoms with E-state index in [0.29, 0.717) is 37.2 Å². The topological polar surface area (TPSA) is 71.1 Å². The van der Waals surface area contributed by atoms with Crippen LogP contribution in [0.5, 0.6) is 11.5 Å². The third-order valence-corrected chi connectivity index (χ3v) is 6.52. The number of hydrogen-bond donors (Lipinski definition) is 0. The molecule has 0 radical (unpaired) electrons. The Hall–Kier alpha value is -3.54. The molecule has 36 heavy (non-hydrogen) atoms. The van der Waals surface area contributed by atoms with Crippen molar-refractivity contribution in [2.24, 2.45) is 0 Å². The highest BCUT2D eigenvalue weighted by Crippen LogP contribution is 2.34. The van der Waals surface area contributed by atoms with Gasteiger partial charge in [-0.15, -0.1) is 0 Å². The number of benzene rings is 2. The molecule has 2 aliphatic rings. The van der Waals surface area contributed by atoms with E-state index in [9.17, 15) is 9.59 Å². The number of carbonyl (C=O) groups excluding carboxylic acids is 2. The maximum absolute atomic E-state index is 11.5. The van der Waals surface area contributed by atoms with E-state index in [4.69, 9.17) is 18.9 Å².